The van der Waals surface area contributed by atoms with E-state index in [1.54, 1.807) is 29.2 Å². The Labute approximate surface area is 168 Å². The summed E-state index contributed by atoms with van der Waals surface area (Å²) in [5.74, 6) is -0.380. The summed E-state index contributed by atoms with van der Waals surface area (Å²) in [4.78, 5) is 36.8. The molecule has 1 aliphatic heterocycles. The maximum Gasteiger partial charge on any atom is 0.248 e. The lowest BCUT2D eigenvalue weighted by Crippen LogP contribution is -2.23. The molecule has 0 aliphatic carbocycles. The third kappa shape index (κ3) is 4.98. The molecule has 1 heterocycles. The number of anilines is 3. The molecule has 0 unspecified atom stereocenters. The van der Waals surface area contributed by atoms with Gasteiger partial charge in [-0.2, -0.15) is 0 Å². The van der Waals surface area contributed by atoms with Crippen LogP contribution in [0.4, 0.5) is 17.1 Å². The fourth-order valence-electron chi connectivity index (χ4n) is 2.93. The molecule has 28 heavy (non-hydrogen) atoms. The first-order valence-corrected chi connectivity index (χ1v) is 9.27. The molecule has 0 atom stereocenters. The quantitative estimate of drug-likeness (QED) is 0.746. The number of nitrogens with one attached hydrogen (secondary N) is 2. The Hall–Kier alpha value is -3.12. The molecular weight excluding hydrogens is 378 g/mol. The van der Waals surface area contributed by atoms with Crippen molar-refractivity contribution in [3.05, 3.63) is 59.1 Å². The Morgan fingerprint density at radius 3 is 2.46 bits per heavy atom. The maximum absolute atomic E-state index is 12.1. The molecular formula is C21H20ClN3O3. The van der Waals surface area contributed by atoms with Crippen molar-refractivity contribution in [2.75, 3.05) is 22.1 Å². The van der Waals surface area contributed by atoms with E-state index in [-0.39, 0.29) is 17.7 Å². The lowest BCUT2D eigenvalue weighted by Gasteiger charge is -2.15. The van der Waals surface area contributed by atoms with Gasteiger partial charge in [0, 0.05) is 37.3 Å². The van der Waals surface area contributed by atoms with Crippen molar-refractivity contribution in [3.8, 4) is 0 Å². The monoisotopic (exact) mass is 397 g/mol. The zero-order valence-corrected chi connectivity index (χ0v) is 16.1. The second-order valence-corrected chi connectivity index (χ2v) is 6.85. The summed E-state index contributed by atoms with van der Waals surface area (Å²) in [7, 11) is 0. The Morgan fingerprint density at radius 2 is 1.86 bits per heavy atom. The van der Waals surface area contributed by atoms with E-state index in [2.05, 4.69) is 10.6 Å². The third-order valence-electron chi connectivity index (χ3n) is 4.25. The molecule has 144 valence electrons. The number of hydrogen-bond acceptors (Lipinski definition) is 3. The van der Waals surface area contributed by atoms with Gasteiger partial charge >= 0.3 is 0 Å². The number of amides is 3. The minimum atomic E-state index is -0.304. The molecule has 2 aromatic carbocycles. The van der Waals surface area contributed by atoms with Gasteiger partial charge in [-0.25, -0.2) is 0 Å². The number of halogens is 1. The predicted molar refractivity (Wildman–Crippen MR) is 111 cm³/mol. The zero-order valence-electron chi connectivity index (χ0n) is 15.4. The van der Waals surface area contributed by atoms with Crippen LogP contribution in [0, 0.1) is 0 Å². The van der Waals surface area contributed by atoms with Crippen LogP contribution in [0.2, 0.25) is 5.02 Å². The molecule has 2 N–H and O–H groups in total. The number of rotatable bonds is 5. The first-order valence-electron chi connectivity index (χ1n) is 8.89. The van der Waals surface area contributed by atoms with Crippen LogP contribution in [0.25, 0.3) is 6.08 Å². The van der Waals surface area contributed by atoms with E-state index in [1.165, 1.54) is 13.0 Å². The summed E-state index contributed by atoms with van der Waals surface area (Å²) in [6, 6.07) is 12.3. The van der Waals surface area contributed by atoms with Crippen LogP contribution in [-0.4, -0.2) is 24.3 Å². The Morgan fingerprint density at radius 1 is 1.11 bits per heavy atom. The average molecular weight is 398 g/mol. The highest BCUT2D eigenvalue weighted by Gasteiger charge is 2.21. The SMILES string of the molecule is CC(=O)Nc1ccc(NC(=O)/C=C/c2ccc(N3CCCC3=O)cc2)cc1Cl. The smallest absolute Gasteiger partial charge is 0.248 e. The van der Waals surface area contributed by atoms with Crippen molar-refractivity contribution in [3.63, 3.8) is 0 Å². The molecule has 1 fully saturated rings. The molecule has 0 saturated carbocycles. The summed E-state index contributed by atoms with van der Waals surface area (Å²) in [5, 5.41) is 5.66. The molecule has 3 rings (SSSR count). The number of carbonyl (C=O) groups is 3. The maximum atomic E-state index is 12.1. The van der Waals surface area contributed by atoms with Crippen LogP contribution in [0.5, 0.6) is 0 Å². The fraction of sp³-hybridized carbons (Fsp3) is 0.190. The van der Waals surface area contributed by atoms with Crippen LogP contribution < -0.4 is 15.5 Å². The highest BCUT2D eigenvalue weighted by molar-refractivity contribution is 6.34. The summed E-state index contributed by atoms with van der Waals surface area (Å²) < 4.78 is 0. The summed E-state index contributed by atoms with van der Waals surface area (Å²) in [5.41, 5.74) is 2.73. The van der Waals surface area contributed by atoms with Crippen molar-refractivity contribution in [2.24, 2.45) is 0 Å². The van der Waals surface area contributed by atoms with Gasteiger partial charge in [0.2, 0.25) is 17.7 Å². The molecule has 6 nitrogen and oxygen atoms in total. The molecule has 0 radical (unpaired) electrons. The summed E-state index contributed by atoms with van der Waals surface area (Å²) in [6.07, 6.45) is 4.60. The van der Waals surface area contributed by atoms with E-state index < -0.39 is 0 Å². The third-order valence-corrected chi connectivity index (χ3v) is 4.57. The normalized spacial score (nSPS) is 13.8. The van der Waals surface area contributed by atoms with Crippen LogP contribution in [0.15, 0.2) is 48.5 Å². The first-order chi connectivity index (χ1) is 13.4. The number of hydrogen-bond donors (Lipinski definition) is 2. The molecule has 2 aromatic rings. The molecule has 0 bridgehead atoms. The molecule has 7 heteroatoms. The van der Waals surface area contributed by atoms with Crippen LogP contribution in [-0.2, 0) is 14.4 Å². The van der Waals surface area contributed by atoms with Gasteiger partial charge in [0.05, 0.1) is 10.7 Å². The second-order valence-electron chi connectivity index (χ2n) is 6.44. The summed E-state index contributed by atoms with van der Waals surface area (Å²) in [6.45, 7) is 2.14. The zero-order chi connectivity index (χ0) is 20.1. The van der Waals surface area contributed by atoms with E-state index in [0.29, 0.717) is 22.8 Å². The van der Waals surface area contributed by atoms with Gasteiger partial charge in [0.25, 0.3) is 0 Å². The van der Waals surface area contributed by atoms with Gasteiger partial charge in [0.15, 0.2) is 0 Å². The fourth-order valence-corrected chi connectivity index (χ4v) is 3.15. The molecule has 1 saturated heterocycles. The standard InChI is InChI=1S/C21H20ClN3O3/c1-14(26)23-19-10-7-16(13-18(19)22)24-20(27)11-6-15-4-8-17(9-5-15)25-12-2-3-21(25)28/h4-11,13H,2-3,12H2,1H3,(H,23,26)(H,24,27)/b11-6+. The van der Waals surface area contributed by atoms with Crippen molar-refractivity contribution in [2.45, 2.75) is 19.8 Å². The Kier molecular flexibility index (Phi) is 6.11. The second kappa shape index (κ2) is 8.71. The van der Waals surface area contributed by atoms with Gasteiger partial charge in [-0.15, -0.1) is 0 Å². The van der Waals surface area contributed by atoms with E-state index in [9.17, 15) is 14.4 Å². The van der Waals surface area contributed by atoms with E-state index in [0.717, 1.165) is 24.2 Å². The largest absolute Gasteiger partial charge is 0.325 e. The lowest BCUT2D eigenvalue weighted by atomic mass is 10.2. The predicted octanol–water partition coefficient (Wildman–Crippen LogP) is 4.08. The van der Waals surface area contributed by atoms with Gasteiger partial charge < -0.3 is 15.5 Å². The van der Waals surface area contributed by atoms with Crippen molar-refractivity contribution in [1.29, 1.82) is 0 Å². The molecule has 1 aliphatic rings. The van der Waals surface area contributed by atoms with E-state index >= 15 is 0 Å². The van der Waals surface area contributed by atoms with Gasteiger partial charge in [-0.05, 0) is 48.4 Å². The van der Waals surface area contributed by atoms with E-state index in [1.807, 2.05) is 24.3 Å². The van der Waals surface area contributed by atoms with Crippen molar-refractivity contribution in [1.82, 2.24) is 0 Å². The minimum Gasteiger partial charge on any atom is -0.325 e. The van der Waals surface area contributed by atoms with Crippen LogP contribution >= 0.6 is 11.6 Å². The number of benzene rings is 2. The minimum absolute atomic E-state index is 0.144. The molecule has 0 spiro atoms. The molecule has 3 amide bonds. The Bertz CT molecular complexity index is 938. The summed E-state index contributed by atoms with van der Waals surface area (Å²) >= 11 is 6.10. The first kappa shape index (κ1) is 19.6. The van der Waals surface area contributed by atoms with Crippen molar-refractivity contribution < 1.29 is 14.4 Å². The van der Waals surface area contributed by atoms with Crippen LogP contribution in [0.1, 0.15) is 25.3 Å². The highest BCUT2D eigenvalue weighted by atomic mass is 35.5. The van der Waals surface area contributed by atoms with E-state index in [4.69, 9.17) is 11.6 Å². The number of carbonyl (C=O) groups excluding carboxylic acids is 3. The van der Waals surface area contributed by atoms with Crippen LogP contribution in [0.3, 0.4) is 0 Å². The average Bonchev–Trinajstić information content (AvgIpc) is 3.08. The highest BCUT2D eigenvalue weighted by Crippen LogP contribution is 2.25. The number of nitrogens with zero attached hydrogens (tertiary/aromatic N) is 1. The topological polar surface area (TPSA) is 78.5 Å². The van der Waals surface area contributed by atoms with Gasteiger partial charge in [-0.1, -0.05) is 23.7 Å². The lowest BCUT2D eigenvalue weighted by molar-refractivity contribution is -0.117. The van der Waals surface area contributed by atoms with Gasteiger partial charge in [-0.3, -0.25) is 14.4 Å². The van der Waals surface area contributed by atoms with Gasteiger partial charge in [0.1, 0.15) is 0 Å². The van der Waals surface area contributed by atoms with Crippen molar-refractivity contribution >= 4 is 52.5 Å². The Balaban J connectivity index is 1.60. The molecule has 0 aromatic heterocycles.